The Bertz CT molecular complexity index is 659. The van der Waals surface area contributed by atoms with Crippen molar-refractivity contribution in [1.29, 1.82) is 0 Å². The number of hydrogen-bond donors (Lipinski definition) is 1. The normalized spacial score (nSPS) is 10.9. The molecule has 0 amide bonds. The van der Waals surface area contributed by atoms with E-state index >= 15 is 0 Å². The molecule has 0 saturated heterocycles. The number of aliphatic hydroxyl groups excluding tert-OH is 1. The van der Waals surface area contributed by atoms with Gasteiger partial charge in [-0.25, -0.2) is 0 Å². The van der Waals surface area contributed by atoms with Crippen molar-refractivity contribution in [3.63, 3.8) is 0 Å². The highest BCUT2D eigenvalue weighted by Crippen LogP contribution is 2.16. The minimum Gasteiger partial charge on any atom is -0.466 e. The summed E-state index contributed by atoms with van der Waals surface area (Å²) in [5.74, 6) is -0.159. The minimum atomic E-state index is -0.159. The van der Waals surface area contributed by atoms with Gasteiger partial charge in [0.15, 0.2) is 0 Å². The van der Waals surface area contributed by atoms with E-state index in [2.05, 4.69) is 39.5 Å². The molecular formula is C48H99NO5. The van der Waals surface area contributed by atoms with Gasteiger partial charge in [-0.2, -0.15) is 0 Å². The molecule has 0 bridgehead atoms. The molecule has 54 heavy (non-hydrogen) atoms. The third kappa shape index (κ3) is 55.2. The van der Waals surface area contributed by atoms with Gasteiger partial charge in [0.1, 0.15) is 6.10 Å². The summed E-state index contributed by atoms with van der Waals surface area (Å²) in [4.78, 5) is 23.4. The molecule has 6 heteroatoms. The van der Waals surface area contributed by atoms with Gasteiger partial charge in [0.05, 0.1) is 13.2 Å². The molecule has 0 aliphatic heterocycles. The zero-order valence-corrected chi connectivity index (χ0v) is 37.8. The average Bonchev–Trinajstić information content (AvgIpc) is 3.16. The number of unbranched alkanes of at least 4 members (excludes halogenated alkanes) is 27. The number of ether oxygens (including phenoxy) is 2. The maximum atomic E-state index is 10.5. The van der Waals surface area contributed by atoms with E-state index in [4.69, 9.17) is 14.6 Å². The van der Waals surface area contributed by atoms with E-state index in [0.29, 0.717) is 19.7 Å². The summed E-state index contributed by atoms with van der Waals surface area (Å²) in [6.45, 7) is 17.5. The van der Waals surface area contributed by atoms with Crippen LogP contribution in [0.3, 0.4) is 0 Å². The molecule has 0 rings (SSSR count). The van der Waals surface area contributed by atoms with Crippen LogP contribution in [0.1, 0.15) is 260 Å². The second kappa shape index (κ2) is 54.0. The van der Waals surface area contributed by atoms with Crippen LogP contribution >= 0.6 is 0 Å². The van der Waals surface area contributed by atoms with Crippen molar-refractivity contribution in [3.05, 3.63) is 0 Å². The van der Waals surface area contributed by atoms with Gasteiger partial charge in [-0.1, -0.05) is 208 Å². The second-order valence-corrected chi connectivity index (χ2v) is 15.9. The first-order valence-electron chi connectivity index (χ1n) is 24.0. The lowest BCUT2D eigenvalue weighted by molar-refractivity contribution is -0.141. The first-order valence-corrected chi connectivity index (χ1v) is 24.0. The molecule has 0 aliphatic rings. The van der Waals surface area contributed by atoms with Crippen molar-refractivity contribution in [2.45, 2.75) is 266 Å². The van der Waals surface area contributed by atoms with E-state index in [9.17, 15) is 9.59 Å². The second-order valence-electron chi connectivity index (χ2n) is 15.9. The van der Waals surface area contributed by atoms with Crippen molar-refractivity contribution in [2.75, 3.05) is 32.8 Å². The third-order valence-corrected chi connectivity index (χ3v) is 10.4. The Morgan fingerprint density at radius 2 is 0.796 bits per heavy atom. The fourth-order valence-electron chi connectivity index (χ4n) is 6.82. The summed E-state index contributed by atoms with van der Waals surface area (Å²) >= 11 is 0. The molecule has 0 aliphatic carbocycles. The van der Waals surface area contributed by atoms with Crippen molar-refractivity contribution < 1.29 is 24.2 Å². The van der Waals surface area contributed by atoms with Crippen LogP contribution < -0.4 is 0 Å². The fraction of sp³-hybridized carbons (Fsp3) is 0.958. The molecule has 1 N–H and O–H groups in total. The number of hydrogen-bond acceptors (Lipinski definition) is 6. The molecule has 0 aromatic rings. The molecular weight excluding hydrogens is 671 g/mol. The van der Waals surface area contributed by atoms with Gasteiger partial charge >= 0.3 is 5.97 Å². The number of esters is 1. The van der Waals surface area contributed by atoms with Gasteiger partial charge in [-0.05, 0) is 58.0 Å². The number of aliphatic hydroxyl groups is 1. The van der Waals surface area contributed by atoms with Gasteiger partial charge in [0.2, 0.25) is 0 Å². The predicted octanol–water partition coefficient (Wildman–Crippen LogP) is 14.7. The van der Waals surface area contributed by atoms with Gasteiger partial charge in [-0.3, -0.25) is 9.59 Å². The predicted molar refractivity (Wildman–Crippen MR) is 236 cm³/mol. The Kier molecular flexibility index (Phi) is 57.1. The lowest BCUT2D eigenvalue weighted by Crippen LogP contribution is -2.29. The quantitative estimate of drug-likeness (QED) is 0.0379. The molecule has 0 atom stereocenters. The highest BCUT2D eigenvalue weighted by Gasteiger charge is 2.09. The summed E-state index contributed by atoms with van der Waals surface area (Å²) in [5.41, 5.74) is 0. The summed E-state index contributed by atoms with van der Waals surface area (Å²) in [6.07, 6.45) is 44.5. The largest absolute Gasteiger partial charge is 0.466 e. The van der Waals surface area contributed by atoms with E-state index in [1.54, 1.807) is 0 Å². The van der Waals surface area contributed by atoms with Crippen LogP contribution in [0.2, 0.25) is 0 Å². The zero-order valence-electron chi connectivity index (χ0n) is 37.8. The smallest absolute Gasteiger partial charge is 0.302 e. The standard InChI is InChI=1S/C18H39NO.C18H36O2.C12H24O2/c1-3-5-7-9-10-12-14-16-19(17-18-20)15-13-11-8-6-4-2;1-3-5-7-9-11-13-15-18(20-17-19)16-14-12-10-8-6-4-2;1-3-4-5-6-7-8-9-10-11-14-12(2)13/h20H,3-18H2,1-2H3;17-18H,3-16H2,1-2H3;3-11H2,1-2H3. The van der Waals surface area contributed by atoms with Crippen molar-refractivity contribution in [2.24, 2.45) is 0 Å². The van der Waals surface area contributed by atoms with E-state index in [-0.39, 0.29) is 12.1 Å². The number of rotatable bonds is 41. The monoisotopic (exact) mass is 770 g/mol. The van der Waals surface area contributed by atoms with Gasteiger partial charge < -0.3 is 19.5 Å². The van der Waals surface area contributed by atoms with Gasteiger partial charge in [0, 0.05) is 13.5 Å². The van der Waals surface area contributed by atoms with Crippen LogP contribution in [-0.4, -0.2) is 61.4 Å². The highest BCUT2D eigenvalue weighted by molar-refractivity contribution is 5.65. The van der Waals surface area contributed by atoms with Crippen LogP contribution in [-0.2, 0) is 19.1 Å². The maximum absolute atomic E-state index is 10.5. The van der Waals surface area contributed by atoms with E-state index in [1.807, 2.05) is 0 Å². The topological polar surface area (TPSA) is 76.1 Å². The summed E-state index contributed by atoms with van der Waals surface area (Å²) < 4.78 is 10.1. The summed E-state index contributed by atoms with van der Waals surface area (Å²) in [7, 11) is 0. The highest BCUT2D eigenvalue weighted by atomic mass is 16.5. The first kappa shape index (κ1) is 57.2. The van der Waals surface area contributed by atoms with Gasteiger partial charge in [-0.15, -0.1) is 0 Å². The van der Waals surface area contributed by atoms with E-state index < -0.39 is 0 Å². The molecule has 0 heterocycles. The molecule has 0 aromatic heterocycles. The van der Waals surface area contributed by atoms with Crippen LogP contribution in [0, 0.1) is 0 Å². The minimum absolute atomic E-state index is 0.159. The van der Waals surface area contributed by atoms with Crippen molar-refractivity contribution >= 4 is 12.4 Å². The number of nitrogens with zero attached hydrogens (tertiary/aromatic N) is 1. The van der Waals surface area contributed by atoms with Crippen LogP contribution in [0.25, 0.3) is 0 Å². The lowest BCUT2D eigenvalue weighted by Gasteiger charge is -2.21. The fourth-order valence-corrected chi connectivity index (χ4v) is 6.82. The number of carbonyl (C=O) groups is 2. The van der Waals surface area contributed by atoms with Crippen molar-refractivity contribution in [1.82, 2.24) is 4.90 Å². The molecule has 0 fully saturated rings. The van der Waals surface area contributed by atoms with E-state index in [1.165, 1.54) is 219 Å². The SMILES string of the molecule is CCCCCCCCC(CCCCCCCC)OC=O.CCCCCCCCCCOC(C)=O.CCCCCCCCCN(CCO)CCCCCCC. The average molecular weight is 770 g/mol. The Balaban J connectivity index is -0.000000736. The Labute approximate surface area is 339 Å². The molecule has 0 unspecified atom stereocenters. The zero-order chi connectivity index (χ0) is 40.4. The number of carbonyl (C=O) groups excluding carboxylic acids is 2. The maximum Gasteiger partial charge on any atom is 0.302 e. The van der Waals surface area contributed by atoms with Crippen molar-refractivity contribution in [3.8, 4) is 0 Å². The molecule has 0 saturated carbocycles. The first-order chi connectivity index (χ1) is 26.5. The molecule has 0 spiro atoms. The Morgan fingerprint density at radius 1 is 0.481 bits per heavy atom. The van der Waals surface area contributed by atoms with Crippen LogP contribution in [0.15, 0.2) is 0 Å². The summed E-state index contributed by atoms with van der Waals surface area (Å²) in [6, 6.07) is 0. The molecule has 326 valence electrons. The molecule has 6 nitrogen and oxygen atoms in total. The van der Waals surface area contributed by atoms with Gasteiger partial charge in [0.25, 0.3) is 6.47 Å². The Morgan fingerprint density at radius 3 is 1.11 bits per heavy atom. The third-order valence-electron chi connectivity index (χ3n) is 10.4. The Hall–Kier alpha value is -1.14. The molecule has 0 radical (unpaired) electrons. The van der Waals surface area contributed by atoms with E-state index in [0.717, 1.165) is 25.8 Å². The molecule has 0 aromatic carbocycles. The summed E-state index contributed by atoms with van der Waals surface area (Å²) in [5, 5.41) is 9.14. The van der Waals surface area contributed by atoms with Crippen LogP contribution in [0.4, 0.5) is 0 Å². The lowest BCUT2D eigenvalue weighted by atomic mass is 10.0. The van der Waals surface area contributed by atoms with Crippen LogP contribution in [0.5, 0.6) is 0 Å².